The van der Waals surface area contributed by atoms with Crippen molar-refractivity contribution in [2.45, 2.75) is 64.0 Å². The van der Waals surface area contributed by atoms with Gasteiger partial charge in [0.15, 0.2) is 0 Å². The molecule has 1 unspecified atom stereocenters. The van der Waals surface area contributed by atoms with Crippen LogP contribution in [0.4, 0.5) is 11.8 Å². The van der Waals surface area contributed by atoms with Crippen molar-refractivity contribution in [2.24, 2.45) is 0 Å². The minimum absolute atomic E-state index is 0.158. The Morgan fingerprint density at radius 2 is 1.85 bits per heavy atom. The van der Waals surface area contributed by atoms with Gasteiger partial charge in [0.1, 0.15) is 11.9 Å². The van der Waals surface area contributed by atoms with Crippen molar-refractivity contribution in [3.05, 3.63) is 11.8 Å². The standard InChI is InChI=1S/C20H31N5O2/c1-15-14-18(23-20(21-15)22-16-6-3-2-4-7-16)24-9-11-25(12-10-24)19(26)17-8-5-13-27-17/h14,16-17H,2-13H2,1H3,(H,21,22,23). The fourth-order valence-corrected chi connectivity index (χ4v) is 4.34. The van der Waals surface area contributed by atoms with Crippen molar-refractivity contribution < 1.29 is 9.53 Å². The first-order valence-corrected chi connectivity index (χ1v) is 10.5. The van der Waals surface area contributed by atoms with Gasteiger partial charge in [-0.2, -0.15) is 4.98 Å². The number of hydrogen-bond acceptors (Lipinski definition) is 6. The molecule has 0 spiro atoms. The van der Waals surface area contributed by atoms with Gasteiger partial charge in [-0.3, -0.25) is 4.79 Å². The van der Waals surface area contributed by atoms with Gasteiger partial charge in [0.05, 0.1) is 0 Å². The van der Waals surface area contributed by atoms with Gasteiger partial charge in [-0.15, -0.1) is 0 Å². The minimum atomic E-state index is -0.218. The molecule has 148 valence electrons. The molecule has 1 aliphatic carbocycles. The SMILES string of the molecule is Cc1cc(N2CCN(C(=O)C3CCCO3)CC2)nc(NC2CCCCC2)n1. The summed E-state index contributed by atoms with van der Waals surface area (Å²) in [5.41, 5.74) is 0.983. The van der Waals surface area contributed by atoms with E-state index < -0.39 is 0 Å². The van der Waals surface area contributed by atoms with Crippen LogP contribution in [0.3, 0.4) is 0 Å². The molecule has 3 fully saturated rings. The van der Waals surface area contributed by atoms with Gasteiger partial charge in [-0.05, 0) is 32.6 Å². The third-order valence-electron chi connectivity index (χ3n) is 5.90. The topological polar surface area (TPSA) is 70.6 Å². The number of carbonyl (C=O) groups excluding carboxylic acids is 1. The Bertz CT molecular complexity index is 648. The Labute approximate surface area is 161 Å². The summed E-state index contributed by atoms with van der Waals surface area (Å²) < 4.78 is 5.55. The van der Waals surface area contributed by atoms with E-state index in [1.807, 2.05) is 17.9 Å². The number of hydrogen-bond donors (Lipinski definition) is 1. The first-order valence-electron chi connectivity index (χ1n) is 10.5. The van der Waals surface area contributed by atoms with Crippen molar-refractivity contribution in [3.63, 3.8) is 0 Å². The highest BCUT2D eigenvalue weighted by atomic mass is 16.5. The smallest absolute Gasteiger partial charge is 0.251 e. The van der Waals surface area contributed by atoms with Crippen molar-refractivity contribution in [1.82, 2.24) is 14.9 Å². The van der Waals surface area contributed by atoms with E-state index in [0.29, 0.717) is 12.6 Å². The van der Waals surface area contributed by atoms with Crippen LogP contribution in [0.25, 0.3) is 0 Å². The second-order valence-corrected chi connectivity index (χ2v) is 7.98. The van der Waals surface area contributed by atoms with E-state index in [1.165, 1.54) is 32.1 Å². The van der Waals surface area contributed by atoms with Crippen LogP contribution in [0.5, 0.6) is 0 Å². The lowest BCUT2D eigenvalue weighted by Crippen LogP contribution is -2.51. The average molecular weight is 374 g/mol. The summed E-state index contributed by atoms with van der Waals surface area (Å²) >= 11 is 0. The van der Waals surface area contributed by atoms with Gasteiger partial charge in [0.25, 0.3) is 5.91 Å². The summed E-state index contributed by atoms with van der Waals surface area (Å²) in [5, 5.41) is 3.54. The van der Waals surface area contributed by atoms with E-state index >= 15 is 0 Å². The Morgan fingerprint density at radius 3 is 2.56 bits per heavy atom. The van der Waals surface area contributed by atoms with Gasteiger partial charge < -0.3 is 19.9 Å². The van der Waals surface area contributed by atoms with Crippen molar-refractivity contribution in [1.29, 1.82) is 0 Å². The summed E-state index contributed by atoms with van der Waals surface area (Å²) in [4.78, 5) is 26.1. The lowest BCUT2D eigenvalue weighted by atomic mass is 9.96. The van der Waals surface area contributed by atoms with Crippen LogP contribution in [-0.4, -0.2) is 65.7 Å². The zero-order valence-electron chi connectivity index (χ0n) is 16.3. The number of amides is 1. The Kier molecular flexibility index (Phi) is 5.76. The summed E-state index contributed by atoms with van der Waals surface area (Å²) in [6, 6.07) is 2.54. The molecule has 0 bridgehead atoms. The normalized spacial score (nSPS) is 24.3. The number of nitrogens with zero attached hydrogens (tertiary/aromatic N) is 4. The molecule has 1 N–H and O–H groups in total. The van der Waals surface area contributed by atoms with Gasteiger partial charge in [-0.25, -0.2) is 4.98 Å². The van der Waals surface area contributed by atoms with E-state index in [-0.39, 0.29) is 12.0 Å². The summed E-state index contributed by atoms with van der Waals surface area (Å²) in [6.45, 7) is 5.80. The maximum Gasteiger partial charge on any atom is 0.251 e. The second kappa shape index (κ2) is 8.42. The Hall–Kier alpha value is -1.89. The minimum Gasteiger partial charge on any atom is -0.368 e. The number of rotatable bonds is 4. The van der Waals surface area contributed by atoms with E-state index in [0.717, 1.165) is 56.5 Å². The predicted octanol–water partition coefficient (Wildman–Crippen LogP) is 2.36. The third kappa shape index (κ3) is 4.51. The number of aromatic nitrogens is 2. The molecule has 7 nitrogen and oxygen atoms in total. The first kappa shape index (κ1) is 18.5. The zero-order chi connectivity index (χ0) is 18.6. The van der Waals surface area contributed by atoms with Crippen molar-refractivity contribution in [3.8, 4) is 0 Å². The van der Waals surface area contributed by atoms with Crippen LogP contribution in [0, 0.1) is 6.92 Å². The molecule has 1 saturated carbocycles. The molecular formula is C20H31N5O2. The number of carbonyl (C=O) groups is 1. The van der Waals surface area contributed by atoms with Gasteiger partial charge >= 0.3 is 0 Å². The van der Waals surface area contributed by atoms with Crippen LogP contribution in [-0.2, 0) is 9.53 Å². The number of nitrogens with one attached hydrogen (secondary N) is 1. The Morgan fingerprint density at radius 1 is 1.07 bits per heavy atom. The van der Waals surface area contributed by atoms with Gasteiger partial charge in [0, 0.05) is 50.6 Å². The molecule has 2 aliphatic heterocycles. The molecule has 0 aromatic carbocycles. The maximum absolute atomic E-state index is 12.5. The summed E-state index contributed by atoms with van der Waals surface area (Å²) in [5.74, 6) is 1.87. The van der Waals surface area contributed by atoms with E-state index in [4.69, 9.17) is 9.72 Å². The van der Waals surface area contributed by atoms with Gasteiger partial charge in [-0.1, -0.05) is 19.3 Å². The van der Waals surface area contributed by atoms with Crippen molar-refractivity contribution >= 4 is 17.7 Å². The van der Waals surface area contributed by atoms with Crippen LogP contribution in [0.1, 0.15) is 50.6 Å². The molecule has 1 atom stereocenters. The largest absolute Gasteiger partial charge is 0.368 e. The predicted molar refractivity (Wildman–Crippen MR) is 105 cm³/mol. The lowest BCUT2D eigenvalue weighted by Gasteiger charge is -2.36. The van der Waals surface area contributed by atoms with Crippen LogP contribution in [0.15, 0.2) is 6.07 Å². The molecule has 2 saturated heterocycles. The van der Waals surface area contributed by atoms with E-state index in [2.05, 4.69) is 15.2 Å². The number of anilines is 2. The zero-order valence-corrected chi connectivity index (χ0v) is 16.3. The van der Waals surface area contributed by atoms with Crippen molar-refractivity contribution in [2.75, 3.05) is 43.0 Å². The first-order chi connectivity index (χ1) is 13.2. The molecule has 0 radical (unpaired) electrons. The third-order valence-corrected chi connectivity index (χ3v) is 5.90. The molecule has 3 heterocycles. The van der Waals surface area contributed by atoms with Crippen LogP contribution < -0.4 is 10.2 Å². The molecule has 7 heteroatoms. The molecular weight excluding hydrogens is 342 g/mol. The number of ether oxygens (including phenoxy) is 1. The Balaban J connectivity index is 1.36. The second-order valence-electron chi connectivity index (χ2n) is 7.98. The van der Waals surface area contributed by atoms with E-state index in [1.54, 1.807) is 0 Å². The highest BCUT2D eigenvalue weighted by molar-refractivity contribution is 5.81. The van der Waals surface area contributed by atoms with Crippen LogP contribution >= 0.6 is 0 Å². The van der Waals surface area contributed by atoms with Gasteiger partial charge in [0.2, 0.25) is 5.95 Å². The molecule has 3 aliphatic rings. The number of aryl methyl sites for hydroxylation is 1. The fraction of sp³-hybridized carbons (Fsp3) is 0.750. The molecule has 4 rings (SSSR count). The lowest BCUT2D eigenvalue weighted by molar-refractivity contribution is -0.141. The average Bonchev–Trinajstić information content (AvgIpc) is 3.23. The number of piperazine rings is 1. The maximum atomic E-state index is 12.5. The molecule has 1 aromatic rings. The molecule has 1 aromatic heterocycles. The van der Waals surface area contributed by atoms with Crippen LogP contribution in [0.2, 0.25) is 0 Å². The van der Waals surface area contributed by atoms with E-state index in [9.17, 15) is 4.79 Å². The quantitative estimate of drug-likeness (QED) is 0.874. The summed E-state index contributed by atoms with van der Waals surface area (Å²) in [6.07, 6.45) is 7.96. The summed E-state index contributed by atoms with van der Waals surface area (Å²) in [7, 11) is 0. The fourth-order valence-electron chi connectivity index (χ4n) is 4.34. The highest BCUT2D eigenvalue weighted by Crippen LogP contribution is 2.23. The monoisotopic (exact) mass is 373 g/mol. The highest BCUT2D eigenvalue weighted by Gasteiger charge is 2.30. The molecule has 27 heavy (non-hydrogen) atoms. The molecule has 1 amide bonds.